The number of allylic oxidation sites excluding steroid dienone is 2. The summed E-state index contributed by atoms with van der Waals surface area (Å²) >= 11 is 0. The monoisotopic (exact) mass is 784 g/mol. The standard InChI is InChI=1S/C42H72O13/c1-21(2)10-9-15-41(7,51)27-13-17-40(6)22-11-12-26-38(3,4)29(14-16-39(26,5)23(22)18-28(45)42(27,40)8)54-37-35(33(49)31(47)25(20-44)53-37)55-36-34(50)32(48)30(46)24(19-43)52-36/h10,22-37,43-51H,9,11-20H2,1-8H3/t22-,23-,24-,25-,26-,27-,28+,29+,30-,31-,32+,33+,34-,35-,36+,37+,39-,40-,41-,42+/m1/s1. The quantitative estimate of drug-likeness (QED) is 0.115. The van der Waals surface area contributed by atoms with Crippen LogP contribution in [0.25, 0.3) is 0 Å². The third-order valence-corrected chi connectivity index (χ3v) is 16.7. The van der Waals surface area contributed by atoms with Gasteiger partial charge in [-0.25, -0.2) is 0 Å². The first-order valence-electron chi connectivity index (χ1n) is 20.9. The van der Waals surface area contributed by atoms with Crippen molar-refractivity contribution in [1.29, 1.82) is 0 Å². The summed E-state index contributed by atoms with van der Waals surface area (Å²) in [6, 6.07) is 0. The average Bonchev–Trinajstić information content (AvgIpc) is 3.42. The lowest BCUT2D eigenvalue weighted by molar-refractivity contribution is -0.378. The van der Waals surface area contributed by atoms with Gasteiger partial charge in [0, 0.05) is 5.41 Å². The second-order valence-electron chi connectivity index (χ2n) is 20.1. The largest absolute Gasteiger partial charge is 0.394 e. The molecule has 0 bridgehead atoms. The summed E-state index contributed by atoms with van der Waals surface area (Å²) in [6.45, 7) is 16.3. The molecule has 6 rings (SSSR count). The van der Waals surface area contributed by atoms with Gasteiger partial charge in [0.15, 0.2) is 12.6 Å². The Morgan fingerprint density at radius 1 is 0.745 bits per heavy atom. The number of hydrogen-bond acceptors (Lipinski definition) is 13. The highest BCUT2D eigenvalue weighted by Gasteiger charge is 2.72. The van der Waals surface area contributed by atoms with Crippen molar-refractivity contribution < 1.29 is 64.9 Å². The third-order valence-electron chi connectivity index (χ3n) is 16.7. The Morgan fingerprint density at radius 3 is 1.98 bits per heavy atom. The van der Waals surface area contributed by atoms with Crippen molar-refractivity contribution in [3.63, 3.8) is 0 Å². The molecule has 2 saturated heterocycles. The van der Waals surface area contributed by atoms with Gasteiger partial charge in [-0.1, -0.05) is 46.3 Å². The molecule has 13 nitrogen and oxygen atoms in total. The van der Waals surface area contributed by atoms with Gasteiger partial charge in [-0.15, -0.1) is 0 Å². The molecule has 9 N–H and O–H groups in total. The maximum atomic E-state index is 12.3. The van der Waals surface area contributed by atoms with E-state index in [-0.39, 0.29) is 28.6 Å². The summed E-state index contributed by atoms with van der Waals surface area (Å²) in [7, 11) is 0. The smallest absolute Gasteiger partial charge is 0.187 e. The molecule has 0 amide bonds. The van der Waals surface area contributed by atoms with E-state index in [1.807, 2.05) is 6.92 Å². The van der Waals surface area contributed by atoms with E-state index in [0.717, 1.165) is 38.5 Å². The van der Waals surface area contributed by atoms with Crippen molar-refractivity contribution in [1.82, 2.24) is 0 Å². The molecular weight excluding hydrogens is 712 g/mol. The number of fused-ring (bicyclic) bond motifs is 5. The highest BCUT2D eigenvalue weighted by Crippen LogP contribution is 2.75. The molecule has 0 unspecified atom stereocenters. The maximum Gasteiger partial charge on any atom is 0.187 e. The highest BCUT2D eigenvalue weighted by molar-refractivity contribution is 5.20. The second kappa shape index (κ2) is 15.7. The van der Waals surface area contributed by atoms with Gasteiger partial charge in [0.05, 0.1) is 31.0 Å². The molecule has 2 heterocycles. The van der Waals surface area contributed by atoms with E-state index >= 15 is 0 Å². The summed E-state index contributed by atoms with van der Waals surface area (Å²) in [5.41, 5.74) is -0.772. The van der Waals surface area contributed by atoms with Crippen LogP contribution in [-0.4, -0.2) is 138 Å². The maximum absolute atomic E-state index is 12.3. The summed E-state index contributed by atoms with van der Waals surface area (Å²) in [5, 5.41) is 97.6. The average molecular weight is 785 g/mol. The zero-order chi connectivity index (χ0) is 40.6. The Bertz CT molecular complexity index is 1370. The fourth-order valence-electron chi connectivity index (χ4n) is 13.3. The molecule has 2 aliphatic heterocycles. The number of aliphatic hydroxyl groups excluding tert-OH is 8. The van der Waals surface area contributed by atoms with E-state index in [1.54, 1.807) is 0 Å². The van der Waals surface area contributed by atoms with Crippen LogP contribution in [0.15, 0.2) is 11.6 Å². The van der Waals surface area contributed by atoms with Gasteiger partial charge in [-0.2, -0.15) is 0 Å². The van der Waals surface area contributed by atoms with Crippen LogP contribution < -0.4 is 0 Å². The van der Waals surface area contributed by atoms with E-state index in [9.17, 15) is 46.0 Å². The van der Waals surface area contributed by atoms with E-state index in [0.29, 0.717) is 25.2 Å². The molecule has 0 spiro atoms. The van der Waals surface area contributed by atoms with Gasteiger partial charge in [0.2, 0.25) is 0 Å². The van der Waals surface area contributed by atoms with Crippen LogP contribution in [-0.2, 0) is 18.9 Å². The van der Waals surface area contributed by atoms with Crippen LogP contribution in [0.2, 0.25) is 0 Å². The molecule has 0 radical (unpaired) electrons. The number of ether oxygens (including phenoxy) is 4. The molecule has 0 aromatic rings. The van der Waals surface area contributed by atoms with Crippen LogP contribution >= 0.6 is 0 Å². The van der Waals surface area contributed by atoms with Crippen molar-refractivity contribution in [3.8, 4) is 0 Å². The predicted octanol–water partition coefficient (Wildman–Crippen LogP) is 2.15. The summed E-state index contributed by atoms with van der Waals surface area (Å²) in [4.78, 5) is 0. The first kappa shape index (κ1) is 43.8. The van der Waals surface area contributed by atoms with Crippen molar-refractivity contribution in [2.75, 3.05) is 13.2 Å². The highest BCUT2D eigenvalue weighted by atomic mass is 16.8. The molecule has 6 fully saturated rings. The van der Waals surface area contributed by atoms with Crippen molar-refractivity contribution >= 4 is 0 Å². The van der Waals surface area contributed by atoms with E-state index in [4.69, 9.17) is 18.9 Å². The molecule has 4 aliphatic carbocycles. The molecule has 55 heavy (non-hydrogen) atoms. The molecule has 0 aromatic carbocycles. The van der Waals surface area contributed by atoms with Crippen molar-refractivity contribution in [2.24, 2.45) is 45.3 Å². The number of hydrogen-bond donors (Lipinski definition) is 9. The van der Waals surface area contributed by atoms with Gasteiger partial charge in [-0.3, -0.25) is 0 Å². The lowest BCUT2D eigenvalue weighted by Crippen LogP contribution is -2.67. The first-order chi connectivity index (χ1) is 25.6. The normalized spacial score (nSPS) is 52.0. The van der Waals surface area contributed by atoms with Gasteiger partial charge in [0.1, 0.15) is 48.8 Å². The van der Waals surface area contributed by atoms with Crippen LogP contribution in [0, 0.1) is 45.3 Å². The van der Waals surface area contributed by atoms with Gasteiger partial charge < -0.3 is 64.9 Å². The minimum Gasteiger partial charge on any atom is -0.394 e. The second-order valence-corrected chi connectivity index (χ2v) is 20.1. The predicted molar refractivity (Wildman–Crippen MR) is 201 cm³/mol. The van der Waals surface area contributed by atoms with Gasteiger partial charge in [-0.05, 0) is 118 Å². The lowest BCUT2D eigenvalue weighted by atomic mass is 9.37. The topological polar surface area (TPSA) is 219 Å². The summed E-state index contributed by atoms with van der Waals surface area (Å²) < 4.78 is 24.3. The van der Waals surface area contributed by atoms with Crippen molar-refractivity contribution in [3.05, 3.63) is 11.6 Å². The Labute approximate surface area is 327 Å². The third kappa shape index (κ3) is 7.10. The Morgan fingerprint density at radius 2 is 1.36 bits per heavy atom. The van der Waals surface area contributed by atoms with Crippen LogP contribution in [0.3, 0.4) is 0 Å². The Hall–Kier alpha value is -0.780. The first-order valence-corrected chi connectivity index (χ1v) is 20.9. The molecule has 4 saturated carbocycles. The molecule has 13 heteroatoms. The van der Waals surface area contributed by atoms with E-state index < -0.39 is 103 Å². The molecular formula is C42H72O13. The Balaban J connectivity index is 1.22. The number of rotatable bonds is 10. The molecule has 20 atom stereocenters. The van der Waals surface area contributed by atoms with Gasteiger partial charge in [0.25, 0.3) is 0 Å². The molecule has 6 aliphatic rings. The number of aliphatic hydroxyl groups is 9. The van der Waals surface area contributed by atoms with E-state index in [1.165, 1.54) is 5.57 Å². The lowest BCUT2D eigenvalue weighted by Gasteiger charge is -2.69. The van der Waals surface area contributed by atoms with Crippen LogP contribution in [0.5, 0.6) is 0 Å². The van der Waals surface area contributed by atoms with Crippen LogP contribution in [0.1, 0.15) is 113 Å². The Kier molecular flexibility index (Phi) is 12.5. The SMILES string of the molecule is CC(C)=CCC[C@@](C)(O)[C@H]1CC[C@]2(C)[C@@H]3CC[C@@H]4C(C)(C)[C@@H](O[C@@H]5O[C@H](CO)[C@@H](O)[C@H](O)[C@H]5O[C@@H]5O[C@H](CO)[C@@H](O)[C@H](O)[C@H]5O)CC[C@]4(C)[C@@H]3C[C@H](O)[C@]12C. The fourth-order valence-corrected chi connectivity index (χ4v) is 13.3. The van der Waals surface area contributed by atoms with Crippen molar-refractivity contribution in [2.45, 2.75) is 192 Å². The summed E-state index contributed by atoms with van der Waals surface area (Å²) in [5.74, 6) is 0.830. The zero-order valence-electron chi connectivity index (χ0n) is 34.3. The fraction of sp³-hybridized carbons (Fsp3) is 0.952. The molecule has 0 aromatic heterocycles. The zero-order valence-corrected chi connectivity index (χ0v) is 34.3. The summed E-state index contributed by atoms with van der Waals surface area (Å²) in [6.07, 6.45) is -6.47. The van der Waals surface area contributed by atoms with Crippen LogP contribution in [0.4, 0.5) is 0 Å². The van der Waals surface area contributed by atoms with E-state index in [2.05, 4.69) is 54.5 Å². The minimum absolute atomic E-state index is 0.0112. The van der Waals surface area contributed by atoms with Gasteiger partial charge >= 0.3 is 0 Å². The molecule has 318 valence electrons. The minimum atomic E-state index is -1.75.